The number of halogens is 3. The van der Waals surface area contributed by atoms with Crippen LogP contribution in [0.4, 0.5) is 18.9 Å². The van der Waals surface area contributed by atoms with Gasteiger partial charge in [0.2, 0.25) is 0 Å². The summed E-state index contributed by atoms with van der Waals surface area (Å²) >= 11 is 0. The van der Waals surface area contributed by atoms with Gasteiger partial charge in [0.05, 0.1) is 6.04 Å². The standard InChI is InChI=1S/C17H16F3NO/c1-10-6-13-9-16(21-15(13)7-11(10)2)12-4-3-5-14(8-12)22-17(18,19)20/h3-8,16,21H,9H2,1-2H3. The number of ether oxygens (including phenoxy) is 1. The maximum absolute atomic E-state index is 12.3. The second kappa shape index (κ2) is 5.23. The molecular weight excluding hydrogens is 291 g/mol. The van der Waals surface area contributed by atoms with E-state index >= 15 is 0 Å². The van der Waals surface area contributed by atoms with Crippen LogP contribution in [-0.4, -0.2) is 6.36 Å². The average molecular weight is 307 g/mol. The predicted molar refractivity (Wildman–Crippen MR) is 79.1 cm³/mol. The molecule has 2 aromatic carbocycles. The largest absolute Gasteiger partial charge is 0.573 e. The van der Waals surface area contributed by atoms with Crippen molar-refractivity contribution in [2.75, 3.05) is 5.32 Å². The van der Waals surface area contributed by atoms with Gasteiger partial charge in [0.25, 0.3) is 0 Å². The van der Waals surface area contributed by atoms with Crippen molar-refractivity contribution in [1.29, 1.82) is 0 Å². The summed E-state index contributed by atoms with van der Waals surface area (Å²) < 4.78 is 40.9. The molecule has 1 unspecified atom stereocenters. The number of hydrogen-bond donors (Lipinski definition) is 1. The fourth-order valence-electron chi connectivity index (χ4n) is 2.77. The van der Waals surface area contributed by atoms with Gasteiger partial charge in [-0.05, 0) is 60.7 Å². The van der Waals surface area contributed by atoms with E-state index in [0.29, 0.717) is 0 Å². The Morgan fingerprint density at radius 1 is 1.09 bits per heavy atom. The van der Waals surface area contributed by atoms with Crippen LogP contribution in [0.15, 0.2) is 36.4 Å². The number of aryl methyl sites for hydroxylation is 2. The molecule has 1 aliphatic rings. The van der Waals surface area contributed by atoms with Crippen molar-refractivity contribution >= 4 is 5.69 Å². The number of nitrogens with one attached hydrogen (secondary N) is 1. The topological polar surface area (TPSA) is 21.3 Å². The number of rotatable bonds is 2. The minimum absolute atomic E-state index is 0.0343. The summed E-state index contributed by atoms with van der Waals surface area (Å²) in [7, 11) is 0. The first-order valence-corrected chi connectivity index (χ1v) is 7.04. The van der Waals surface area contributed by atoms with E-state index in [2.05, 4.69) is 29.1 Å². The maximum Gasteiger partial charge on any atom is 0.573 e. The lowest BCUT2D eigenvalue weighted by Gasteiger charge is -2.14. The van der Waals surface area contributed by atoms with E-state index in [4.69, 9.17) is 0 Å². The Kier molecular flexibility index (Phi) is 3.51. The van der Waals surface area contributed by atoms with Gasteiger partial charge in [-0.15, -0.1) is 13.2 Å². The molecule has 1 heterocycles. The summed E-state index contributed by atoms with van der Waals surface area (Å²) in [5.41, 5.74) is 5.44. The third kappa shape index (κ3) is 3.03. The third-order valence-corrected chi connectivity index (χ3v) is 3.97. The average Bonchev–Trinajstić information content (AvgIpc) is 2.80. The molecule has 116 valence electrons. The zero-order chi connectivity index (χ0) is 15.9. The van der Waals surface area contributed by atoms with Crippen LogP contribution in [-0.2, 0) is 6.42 Å². The minimum atomic E-state index is -4.67. The van der Waals surface area contributed by atoms with Crippen molar-refractivity contribution in [1.82, 2.24) is 0 Å². The highest BCUT2D eigenvalue weighted by molar-refractivity contribution is 5.61. The van der Waals surface area contributed by atoms with Crippen LogP contribution >= 0.6 is 0 Å². The number of alkyl halides is 3. The van der Waals surface area contributed by atoms with Crippen LogP contribution in [0.2, 0.25) is 0 Å². The lowest BCUT2D eigenvalue weighted by molar-refractivity contribution is -0.274. The van der Waals surface area contributed by atoms with E-state index in [1.54, 1.807) is 6.07 Å². The molecule has 0 spiro atoms. The molecule has 0 radical (unpaired) electrons. The smallest absolute Gasteiger partial charge is 0.406 e. The molecule has 0 aliphatic carbocycles. The molecule has 0 aromatic heterocycles. The van der Waals surface area contributed by atoms with Crippen molar-refractivity contribution in [3.8, 4) is 5.75 Å². The summed E-state index contributed by atoms with van der Waals surface area (Å²) in [5.74, 6) is -0.185. The highest BCUT2D eigenvalue weighted by atomic mass is 19.4. The highest BCUT2D eigenvalue weighted by Crippen LogP contribution is 2.37. The zero-order valence-corrected chi connectivity index (χ0v) is 12.3. The van der Waals surface area contributed by atoms with Gasteiger partial charge < -0.3 is 10.1 Å². The molecule has 22 heavy (non-hydrogen) atoms. The quantitative estimate of drug-likeness (QED) is 0.851. The molecule has 2 nitrogen and oxygen atoms in total. The fraction of sp³-hybridized carbons (Fsp3) is 0.294. The predicted octanol–water partition coefficient (Wildman–Crippen LogP) is 4.91. The van der Waals surface area contributed by atoms with Crippen molar-refractivity contribution < 1.29 is 17.9 Å². The Hall–Kier alpha value is -2.17. The molecule has 0 bridgehead atoms. The van der Waals surface area contributed by atoms with Gasteiger partial charge in [0.15, 0.2) is 0 Å². The van der Waals surface area contributed by atoms with Crippen LogP contribution in [0.3, 0.4) is 0 Å². The molecule has 0 saturated carbocycles. The Balaban J connectivity index is 1.83. The molecule has 1 atom stereocenters. The Bertz CT molecular complexity index is 679. The third-order valence-electron chi connectivity index (χ3n) is 3.97. The van der Waals surface area contributed by atoms with E-state index in [-0.39, 0.29) is 11.8 Å². The van der Waals surface area contributed by atoms with Crippen molar-refractivity contribution in [2.45, 2.75) is 32.7 Å². The van der Waals surface area contributed by atoms with E-state index < -0.39 is 6.36 Å². The number of anilines is 1. The van der Waals surface area contributed by atoms with E-state index in [9.17, 15) is 13.2 Å². The Morgan fingerprint density at radius 3 is 2.55 bits per heavy atom. The van der Waals surface area contributed by atoms with Crippen molar-refractivity contribution in [3.63, 3.8) is 0 Å². The molecule has 0 saturated heterocycles. The van der Waals surface area contributed by atoms with Crippen LogP contribution in [0, 0.1) is 13.8 Å². The maximum atomic E-state index is 12.3. The first-order valence-electron chi connectivity index (χ1n) is 7.04. The Labute approximate surface area is 126 Å². The first-order chi connectivity index (χ1) is 10.3. The number of fused-ring (bicyclic) bond motifs is 1. The van der Waals surface area contributed by atoms with Gasteiger partial charge in [-0.25, -0.2) is 0 Å². The molecule has 3 rings (SSSR count). The number of hydrogen-bond acceptors (Lipinski definition) is 2. The van der Waals surface area contributed by atoms with Gasteiger partial charge in [-0.3, -0.25) is 0 Å². The van der Waals surface area contributed by atoms with Gasteiger partial charge in [0.1, 0.15) is 5.75 Å². The monoisotopic (exact) mass is 307 g/mol. The fourth-order valence-corrected chi connectivity index (χ4v) is 2.77. The van der Waals surface area contributed by atoms with Gasteiger partial charge in [-0.1, -0.05) is 18.2 Å². The van der Waals surface area contributed by atoms with Crippen LogP contribution in [0.25, 0.3) is 0 Å². The van der Waals surface area contributed by atoms with E-state index in [1.807, 2.05) is 13.0 Å². The summed E-state index contributed by atoms with van der Waals surface area (Å²) in [5, 5.41) is 3.37. The van der Waals surface area contributed by atoms with E-state index in [0.717, 1.165) is 17.7 Å². The molecular formula is C17H16F3NO. The van der Waals surface area contributed by atoms with Crippen molar-refractivity contribution in [2.24, 2.45) is 0 Å². The van der Waals surface area contributed by atoms with Crippen LogP contribution < -0.4 is 10.1 Å². The summed E-state index contributed by atoms with van der Waals surface area (Å²) in [6, 6.07) is 10.3. The van der Waals surface area contributed by atoms with Gasteiger partial charge in [0, 0.05) is 5.69 Å². The summed E-state index contributed by atoms with van der Waals surface area (Å²) in [4.78, 5) is 0. The Morgan fingerprint density at radius 2 is 1.82 bits per heavy atom. The first kappa shape index (κ1) is 14.8. The molecule has 2 aromatic rings. The SMILES string of the molecule is Cc1cc2c(cc1C)NC(c1cccc(OC(F)(F)F)c1)C2. The minimum Gasteiger partial charge on any atom is -0.406 e. The van der Waals surface area contributed by atoms with E-state index in [1.165, 1.54) is 28.8 Å². The lowest BCUT2D eigenvalue weighted by atomic mass is 10.0. The molecule has 5 heteroatoms. The highest BCUT2D eigenvalue weighted by Gasteiger charge is 2.31. The normalized spacial score (nSPS) is 17.0. The van der Waals surface area contributed by atoms with Gasteiger partial charge >= 0.3 is 6.36 Å². The summed E-state index contributed by atoms with van der Waals surface area (Å²) in [6.45, 7) is 4.10. The lowest BCUT2D eigenvalue weighted by Crippen LogP contribution is -2.17. The molecule has 0 fully saturated rings. The van der Waals surface area contributed by atoms with Crippen molar-refractivity contribution in [3.05, 3.63) is 58.7 Å². The van der Waals surface area contributed by atoms with Crippen LogP contribution in [0.5, 0.6) is 5.75 Å². The van der Waals surface area contributed by atoms with Crippen LogP contribution in [0.1, 0.15) is 28.3 Å². The molecule has 1 N–H and O–H groups in total. The molecule has 1 aliphatic heterocycles. The second-order valence-electron chi connectivity index (χ2n) is 5.61. The molecule has 0 amide bonds. The second-order valence-corrected chi connectivity index (χ2v) is 5.61. The number of benzene rings is 2. The summed E-state index contributed by atoms with van der Waals surface area (Å²) in [6.07, 6.45) is -3.91. The zero-order valence-electron chi connectivity index (χ0n) is 12.3. The van der Waals surface area contributed by atoms with Gasteiger partial charge in [-0.2, -0.15) is 0 Å².